The molecule has 0 radical (unpaired) electrons. The lowest BCUT2D eigenvalue weighted by Gasteiger charge is -2.09. The van der Waals surface area contributed by atoms with Gasteiger partial charge >= 0.3 is 0 Å². The van der Waals surface area contributed by atoms with Gasteiger partial charge in [-0.15, -0.1) is 0 Å². The van der Waals surface area contributed by atoms with Crippen molar-refractivity contribution in [3.05, 3.63) is 47.8 Å². The molecule has 2 aliphatic rings. The fourth-order valence-corrected chi connectivity index (χ4v) is 3.36. The molecule has 0 saturated heterocycles. The Morgan fingerprint density at radius 2 is 2.09 bits per heavy atom. The molecule has 22 heavy (non-hydrogen) atoms. The molecule has 1 aromatic carbocycles. The van der Waals surface area contributed by atoms with E-state index in [2.05, 4.69) is 15.4 Å². The predicted molar refractivity (Wildman–Crippen MR) is 87.8 cm³/mol. The van der Waals surface area contributed by atoms with E-state index in [0.717, 1.165) is 41.7 Å². The van der Waals surface area contributed by atoms with Gasteiger partial charge in [0.05, 0.1) is 29.7 Å². The smallest absolute Gasteiger partial charge is 0.260 e. The Balaban J connectivity index is 1.68. The highest BCUT2D eigenvalue weighted by atomic mass is 32.2. The average molecular weight is 312 g/mol. The Labute approximate surface area is 132 Å². The average Bonchev–Trinajstić information content (AvgIpc) is 3.08. The minimum Gasteiger partial charge on any atom is -0.301 e. The van der Waals surface area contributed by atoms with Gasteiger partial charge in [0.25, 0.3) is 5.91 Å². The summed E-state index contributed by atoms with van der Waals surface area (Å²) in [6.45, 7) is 0.777. The second-order valence-electron chi connectivity index (χ2n) is 5.45. The van der Waals surface area contributed by atoms with Gasteiger partial charge in [-0.3, -0.25) is 9.79 Å². The van der Waals surface area contributed by atoms with E-state index in [1.165, 1.54) is 0 Å². The molecule has 1 saturated carbocycles. The van der Waals surface area contributed by atoms with Crippen LogP contribution in [0.3, 0.4) is 0 Å². The molecule has 4 rings (SSSR count). The zero-order valence-electron chi connectivity index (χ0n) is 12.0. The summed E-state index contributed by atoms with van der Waals surface area (Å²) < 4.78 is 1.90. The summed E-state index contributed by atoms with van der Waals surface area (Å²) in [5.41, 5.74) is 2.69. The monoisotopic (exact) mass is 312 g/mol. The molecule has 112 valence electrons. The number of hydrogen-bond acceptors (Lipinski definition) is 4. The highest BCUT2D eigenvalue weighted by Gasteiger charge is 2.33. The van der Waals surface area contributed by atoms with E-state index in [0.29, 0.717) is 11.5 Å². The molecule has 0 atom stereocenters. The van der Waals surface area contributed by atoms with Gasteiger partial charge in [0.2, 0.25) is 0 Å². The number of rotatable bonds is 3. The largest absolute Gasteiger partial charge is 0.301 e. The van der Waals surface area contributed by atoms with Gasteiger partial charge in [-0.2, -0.15) is 5.10 Å². The van der Waals surface area contributed by atoms with E-state index in [1.54, 1.807) is 18.0 Å². The summed E-state index contributed by atoms with van der Waals surface area (Å²) in [6.07, 6.45) is 3.92. The van der Waals surface area contributed by atoms with E-state index in [9.17, 15) is 4.79 Å². The minimum absolute atomic E-state index is 0.0998. The number of para-hydroxylation sites is 1. The highest BCUT2D eigenvalue weighted by molar-refractivity contribution is 8.14. The van der Waals surface area contributed by atoms with E-state index >= 15 is 0 Å². The molecule has 0 spiro atoms. The summed E-state index contributed by atoms with van der Waals surface area (Å²) in [4.78, 5) is 16.8. The van der Waals surface area contributed by atoms with Crippen LogP contribution >= 0.6 is 11.8 Å². The fraction of sp³-hybridized carbons (Fsp3) is 0.312. The van der Waals surface area contributed by atoms with Crippen LogP contribution in [0.15, 0.2) is 41.5 Å². The number of amidine groups is 1. The Kier molecular flexibility index (Phi) is 3.46. The first-order valence-electron chi connectivity index (χ1n) is 7.45. The molecule has 1 amide bonds. The van der Waals surface area contributed by atoms with Gasteiger partial charge in [0.15, 0.2) is 5.17 Å². The Morgan fingerprint density at radius 1 is 1.27 bits per heavy atom. The van der Waals surface area contributed by atoms with Gasteiger partial charge in [-0.25, -0.2) is 4.68 Å². The fourth-order valence-electron chi connectivity index (χ4n) is 2.63. The number of aliphatic imine (C=N–C) groups is 1. The summed E-state index contributed by atoms with van der Waals surface area (Å²) in [6, 6.07) is 9.97. The van der Waals surface area contributed by atoms with Crippen molar-refractivity contribution in [3.63, 3.8) is 0 Å². The number of amides is 1. The summed E-state index contributed by atoms with van der Waals surface area (Å²) in [5, 5.41) is 8.08. The van der Waals surface area contributed by atoms with Crippen molar-refractivity contribution in [2.45, 2.75) is 18.8 Å². The van der Waals surface area contributed by atoms with Crippen LogP contribution in [0.5, 0.6) is 0 Å². The lowest BCUT2D eigenvalue weighted by molar-refractivity contribution is 0.0977. The van der Waals surface area contributed by atoms with Crippen LogP contribution in [-0.4, -0.2) is 33.2 Å². The standard InChI is InChI=1S/C16H16N4OS/c21-15(19-16-17-8-9-22-16)13-10-18-20(14(13)11-6-7-11)12-4-2-1-3-5-12/h1-5,10-11H,6-9H2,(H,17,19,21). The number of nitrogens with one attached hydrogen (secondary N) is 1. The predicted octanol–water partition coefficient (Wildman–Crippen LogP) is 2.58. The first kappa shape index (κ1) is 13.6. The van der Waals surface area contributed by atoms with Crippen molar-refractivity contribution in [3.8, 4) is 5.69 Å². The highest BCUT2D eigenvalue weighted by Crippen LogP contribution is 2.42. The number of hydrogen-bond donors (Lipinski definition) is 1. The van der Waals surface area contributed by atoms with Crippen LogP contribution in [0.4, 0.5) is 0 Å². The van der Waals surface area contributed by atoms with Crippen LogP contribution in [0.25, 0.3) is 5.69 Å². The molecule has 0 unspecified atom stereocenters. The molecule has 6 heteroatoms. The van der Waals surface area contributed by atoms with E-state index in [-0.39, 0.29) is 5.91 Å². The molecule has 2 aromatic rings. The Hall–Kier alpha value is -2.08. The second kappa shape index (κ2) is 5.61. The lowest BCUT2D eigenvalue weighted by Crippen LogP contribution is -2.28. The van der Waals surface area contributed by atoms with Crippen LogP contribution < -0.4 is 5.32 Å². The normalized spacial score (nSPS) is 17.4. The van der Waals surface area contributed by atoms with Gasteiger partial charge in [0, 0.05) is 11.7 Å². The van der Waals surface area contributed by atoms with Crippen LogP contribution in [0.1, 0.15) is 34.8 Å². The molecular weight excluding hydrogens is 296 g/mol. The van der Waals surface area contributed by atoms with Crippen LogP contribution in [0, 0.1) is 0 Å². The third kappa shape index (κ3) is 2.54. The summed E-state index contributed by atoms with van der Waals surface area (Å²) >= 11 is 1.59. The third-order valence-corrected chi connectivity index (χ3v) is 4.71. The van der Waals surface area contributed by atoms with Crippen molar-refractivity contribution >= 4 is 22.8 Å². The van der Waals surface area contributed by atoms with Crippen molar-refractivity contribution in [2.75, 3.05) is 12.3 Å². The van der Waals surface area contributed by atoms with Crippen LogP contribution in [0.2, 0.25) is 0 Å². The molecule has 1 aromatic heterocycles. The zero-order chi connectivity index (χ0) is 14.9. The number of benzene rings is 1. The lowest BCUT2D eigenvalue weighted by atomic mass is 10.1. The first-order chi connectivity index (χ1) is 10.8. The molecule has 5 nitrogen and oxygen atoms in total. The molecule has 1 N–H and O–H groups in total. The number of carbonyl (C=O) groups is 1. The molecule has 0 bridgehead atoms. The maximum atomic E-state index is 12.5. The topological polar surface area (TPSA) is 59.3 Å². The SMILES string of the molecule is O=C(NC1=NCCS1)c1cnn(-c2ccccc2)c1C1CC1. The van der Waals surface area contributed by atoms with E-state index in [1.807, 2.05) is 35.0 Å². The van der Waals surface area contributed by atoms with E-state index < -0.39 is 0 Å². The first-order valence-corrected chi connectivity index (χ1v) is 8.43. The Bertz CT molecular complexity index is 734. The number of thioether (sulfide) groups is 1. The maximum absolute atomic E-state index is 12.5. The quantitative estimate of drug-likeness (QED) is 0.947. The number of nitrogens with zero attached hydrogens (tertiary/aromatic N) is 3. The van der Waals surface area contributed by atoms with Gasteiger partial charge in [-0.05, 0) is 25.0 Å². The zero-order valence-corrected chi connectivity index (χ0v) is 12.8. The molecular formula is C16H16N4OS. The molecule has 1 aliphatic carbocycles. The summed E-state index contributed by atoms with van der Waals surface area (Å²) in [5.74, 6) is 1.27. The number of carbonyl (C=O) groups excluding carboxylic acids is 1. The Morgan fingerprint density at radius 3 is 2.77 bits per heavy atom. The van der Waals surface area contributed by atoms with Crippen molar-refractivity contribution < 1.29 is 4.79 Å². The van der Waals surface area contributed by atoms with Gasteiger partial charge in [0.1, 0.15) is 0 Å². The molecule has 1 fully saturated rings. The third-order valence-electron chi connectivity index (χ3n) is 3.82. The van der Waals surface area contributed by atoms with Gasteiger partial charge in [-0.1, -0.05) is 30.0 Å². The second-order valence-corrected chi connectivity index (χ2v) is 6.54. The molecule has 1 aliphatic heterocycles. The van der Waals surface area contributed by atoms with Gasteiger partial charge < -0.3 is 5.32 Å². The van der Waals surface area contributed by atoms with Crippen molar-refractivity contribution in [2.24, 2.45) is 4.99 Å². The van der Waals surface area contributed by atoms with Crippen molar-refractivity contribution in [1.82, 2.24) is 15.1 Å². The molecule has 2 heterocycles. The minimum atomic E-state index is -0.0998. The number of aromatic nitrogens is 2. The summed E-state index contributed by atoms with van der Waals surface area (Å²) in [7, 11) is 0. The van der Waals surface area contributed by atoms with Crippen molar-refractivity contribution in [1.29, 1.82) is 0 Å². The maximum Gasteiger partial charge on any atom is 0.260 e. The van der Waals surface area contributed by atoms with E-state index in [4.69, 9.17) is 0 Å². The van der Waals surface area contributed by atoms with Crippen LogP contribution in [-0.2, 0) is 0 Å².